The molecule has 0 unspecified atom stereocenters. The van der Waals surface area contributed by atoms with E-state index in [9.17, 15) is 0 Å². The highest BCUT2D eigenvalue weighted by Gasteiger charge is 1.97. The van der Waals surface area contributed by atoms with Gasteiger partial charge in [0.05, 0.1) is 0 Å². The highest BCUT2D eigenvalue weighted by atomic mass is 15.0. The van der Waals surface area contributed by atoms with Crippen molar-refractivity contribution in [2.75, 3.05) is 11.1 Å². The summed E-state index contributed by atoms with van der Waals surface area (Å²) in [7, 11) is 0. The molecule has 0 aliphatic carbocycles. The van der Waals surface area contributed by atoms with Gasteiger partial charge in [-0.15, -0.1) is 0 Å². The Bertz CT molecular complexity index is 540. The first-order valence-corrected chi connectivity index (χ1v) is 5.23. The minimum atomic E-state index is 0.410. The van der Waals surface area contributed by atoms with Gasteiger partial charge in [0.2, 0.25) is 0 Å². The van der Waals surface area contributed by atoms with Crippen molar-refractivity contribution < 1.29 is 0 Å². The molecule has 1 aromatic heterocycles. The van der Waals surface area contributed by atoms with Crippen LogP contribution in [0.4, 0.5) is 11.5 Å². The fourth-order valence-electron chi connectivity index (χ4n) is 1.42. The number of nitriles is 1. The molecular formula is C13H12N4. The largest absolute Gasteiger partial charge is 0.399 e. The molecule has 0 saturated heterocycles. The number of anilines is 2. The van der Waals surface area contributed by atoms with Crippen molar-refractivity contribution in [2.24, 2.45) is 0 Å². The molecule has 0 amide bonds. The number of benzene rings is 1. The average Bonchev–Trinajstić information content (AvgIpc) is 2.38. The van der Waals surface area contributed by atoms with Gasteiger partial charge in [-0.25, -0.2) is 4.98 Å². The number of hydrogen-bond donors (Lipinski definition) is 2. The number of aromatic nitrogens is 1. The third kappa shape index (κ3) is 2.95. The monoisotopic (exact) mass is 224 g/mol. The van der Waals surface area contributed by atoms with Crippen LogP contribution in [0, 0.1) is 11.3 Å². The zero-order valence-electron chi connectivity index (χ0n) is 9.22. The Morgan fingerprint density at radius 2 is 1.94 bits per heavy atom. The van der Waals surface area contributed by atoms with Crippen LogP contribution in [0.3, 0.4) is 0 Å². The molecule has 0 spiro atoms. The van der Waals surface area contributed by atoms with Crippen molar-refractivity contribution in [3.8, 4) is 6.07 Å². The highest BCUT2D eigenvalue weighted by Crippen LogP contribution is 2.09. The van der Waals surface area contributed by atoms with Crippen LogP contribution in [0.2, 0.25) is 0 Å². The lowest BCUT2D eigenvalue weighted by Crippen LogP contribution is -2.02. The zero-order chi connectivity index (χ0) is 12.1. The lowest BCUT2D eigenvalue weighted by molar-refractivity contribution is 1.10. The molecule has 0 radical (unpaired) electrons. The molecule has 17 heavy (non-hydrogen) atoms. The van der Waals surface area contributed by atoms with Crippen molar-refractivity contribution in [3.05, 3.63) is 53.7 Å². The second-order valence-electron chi connectivity index (χ2n) is 3.62. The van der Waals surface area contributed by atoms with Gasteiger partial charge in [-0.3, -0.25) is 0 Å². The van der Waals surface area contributed by atoms with Crippen LogP contribution in [-0.2, 0) is 6.54 Å². The van der Waals surface area contributed by atoms with Gasteiger partial charge in [0.15, 0.2) is 0 Å². The number of nitrogens with zero attached hydrogens (tertiary/aromatic N) is 2. The first-order valence-electron chi connectivity index (χ1n) is 5.23. The van der Waals surface area contributed by atoms with Crippen LogP contribution in [0.15, 0.2) is 42.5 Å². The van der Waals surface area contributed by atoms with Crippen LogP contribution in [0.5, 0.6) is 0 Å². The molecule has 2 aromatic rings. The van der Waals surface area contributed by atoms with E-state index in [1.54, 1.807) is 12.1 Å². The van der Waals surface area contributed by atoms with Gasteiger partial charge in [-0.1, -0.05) is 18.2 Å². The predicted octanol–water partition coefficient (Wildman–Crippen LogP) is 2.15. The topological polar surface area (TPSA) is 74.7 Å². The third-order valence-corrected chi connectivity index (χ3v) is 2.32. The number of rotatable bonds is 3. The molecule has 2 rings (SSSR count). The molecule has 0 fully saturated rings. The van der Waals surface area contributed by atoms with Gasteiger partial charge in [0, 0.05) is 12.2 Å². The minimum absolute atomic E-state index is 0.410. The summed E-state index contributed by atoms with van der Waals surface area (Å²) < 4.78 is 0. The normalized spacial score (nSPS) is 9.59. The number of nitrogen functional groups attached to an aromatic ring is 1. The predicted molar refractivity (Wildman–Crippen MR) is 67.1 cm³/mol. The summed E-state index contributed by atoms with van der Waals surface area (Å²) in [5, 5.41) is 11.9. The summed E-state index contributed by atoms with van der Waals surface area (Å²) in [6, 6.07) is 14.9. The molecule has 0 bridgehead atoms. The van der Waals surface area contributed by atoms with Crippen LogP contribution < -0.4 is 11.1 Å². The zero-order valence-corrected chi connectivity index (χ0v) is 9.22. The number of nitrogens with one attached hydrogen (secondary N) is 1. The summed E-state index contributed by atoms with van der Waals surface area (Å²) >= 11 is 0. The van der Waals surface area contributed by atoms with E-state index in [0.717, 1.165) is 11.3 Å². The Hall–Kier alpha value is -2.54. The fraction of sp³-hybridized carbons (Fsp3) is 0.0769. The molecule has 0 aliphatic heterocycles. The Morgan fingerprint density at radius 3 is 2.65 bits per heavy atom. The molecule has 1 heterocycles. The van der Waals surface area contributed by atoms with E-state index in [4.69, 9.17) is 11.0 Å². The molecule has 0 atom stereocenters. The molecule has 0 saturated carbocycles. The summed E-state index contributed by atoms with van der Waals surface area (Å²) in [6.07, 6.45) is 0. The lowest BCUT2D eigenvalue weighted by Gasteiger charge is -2.05. The van der Waals surface area contributed by atoms with Crippen molar-refractivity contribution in [3.63, 3.8) is 0 Å². The molecule has 0 aliphatic rings. The second kappa shape index (κ2) is 4.99. The van der Waals surface area contributed by atoms with Crippen molar-refractivity contribution in [1.82, 2.24) is 4.98 Å². The first-order chi connectivity index (χ1) is 8.28. The molecule has 3 N–H and O–H groups in total. The molecule has 4 heteroatoms. The Labute approximate surface area is 99.7 Å². The van der Waals surface area contributed by atoms with E-state index in [1.807, 2.05) is 36.4 Å². The second-order valence-corrected chi connectivity index (χ2v) is 3.62. The Morgan fingerprint density at radius 1 is 1.18 bits per heavy atom. The first kappa shape index (κ1) is 11.0. The number of pyridine rings is 1. The number of hydrogen-bond acceptors (Lipinski definition) is 4. The van der Waals surface area contributed by atoms with Crippen molar-refractivity contribution in [2.45, 2.75) is 6.54 Å². The van der Waals surface area contributed by atoms with Gasteiger partial charge in [0.1, 0.15) is 17.6 Å². The molecule has 84 valence electrons. The number of nitrogens with two attached hydrogens (primary N) is 1. The quantitative estimate of drug-likeness (QED) is 0.783. The maximum absolute atomic E-state index is 8.72. The lowest BCUT2D eigenvalue weighted by atomic mass is 10.2. The smallest absolute Gasteiger partial charge is 0.142 e. The van der Waals surface area contributed by atoms with Gasteiger partial charge in [-0.2, -0.15) is 5.26 Å². The third-order valence-electron chi connectivity index (χ3n) is 2.32. The maximum Gasteiger partial charge on any atom is 0.142 e. The minimum Gasteiger partial charge on any atom is -0.399 e. The van der Waals surface area contributed by atoms with E-state index in [-0.39, 0.29) is 0 Å². The van der Waals surface area contributed by atoms with Crippen molar-refractivity contribution >= 4 is 11.5 Å². The standard InChI is InChI=1S/C13H12N4/c14-8-12-2-1-3-13(17-12)16-9-10-4-6-11(15)7-5-10/h1-7H,9,15H2,(H,16,17). The summed E-state index contributed by atoms with van der Waals surface area (Å²) in [5.74, 6) is 0.695. The van der Waals surface area contributed by atoms with Gasteiger partial charge >= 0.3 is 0 Å². The van der Waals surface area contributed by atoms with Gasteiger partial charge < -0.3 is 11.1 Å². The Balaban J connectivity index is 2.02. The Kier molecular flexibility index (Phi) is 3.22. The van der Waals surface area contributed by atoms with E-state index < -0.39 is 0 Å². The van der Waals surface area contributed by atoms with E-state index in [2.05, 4.69) is 10.3 Å². The highest BCUT2D eigenvalue weighted by molar-refractivity contribution is 5.42. The summed E-state index contributed by atoms with van der Waals surface area (Å²) in [5.41, 5.74) is 7.88. The average molecular weight is 224 g/mol. The van der Waals surface area contributed by atoms with Gasteiger partial charge in [-0.05, 0) is 29.8 Å². The SMILES string of the molecule is N#Cc1cccc(NCc2ccc(N)cc2)n1. The van der Waals surface area contributed by atoms with E-state index in [1.165, 1.54) is 0 Å². The van der Waals surface area contributed by atoms with Crippen LogP contribution in [-0.4, -0.2) is 4.98 Å². The molecule has 4 nitrogen and oxygen atoms in total. The summed E-state index contributed by atoms with van der Waals surface area (Å²) in [4.78, 5) is 4.13. The summed E-state index contributed by atoms with van der Waals surface area (Å²) in [6.45, 7) is 0.655. The van der Waals surface area contributed by atoms with E-state index >= 15 is 0 Å². The maximum atomic E-state index is 8.72. The fourth-order valence-corrected chi connectivity index (χ4v) is 1.42. The van der Waals surface area contributed by atoms with E-state index in [0.29, 0.717) is 18.1 Å². The van der Waals surface area contributed by atoms with Crippen LogP contribution in [0.25, 0.3) is 0 Å². The van der Waals surface area contributed by atoms with Gasteiger partial charge in [0.25, 0.3) is 0 Å². The molecular weight excluding hydrogens is 212 g/mol. The van der Waals surface area contributed by atoms with Crippen molar-refractivity contribution in [1.29, 1.82) is 5.26 Å². The molecule has 1 aromatic carbocycles. The van der Waals surface area contributed by atoms with Crippen LogP contribution in [0.1, 0.15) is 11.3 Å². The van der Waals surface area contributed by atoms with Crippen LogP contribution >= 0.6 is 0 Å².